The number of fused-ring (bicyclic) bond motifs is 3. The molecule has 4 aromatic carbocycles. The van der Waals surface area contributed by atoms with Crippen LogP contribution >= 0.6 is 0 Å². The van der Waals surface area contributed by atoms with Gasteiger partial charge in [-0.2, -0.15) is 0 Å². The lowest BCUT2D eigenvalue weighted by molar-refractivity contribution is 0.553. The Balaban J connectivity index is 1.58. The molecule has 152 valence electrons. The van der Waals surface area contributed by atoms with Crippen molar-refractivity contribution >= 4 is 21.7 Å². The first-order valence-corrected chi connectivity index (χ1v) is 10.5. The number of hydrogen-bond donors (Lipinski definition) is 1. The van der Waals surface area contributed by atoms with Gasteiger partial charge in [-0.3, -0.25) is 0 Å². The van der Waals surface area contributed by atoms with Crippen LogP contribution in [0, 0.1) is 6.92 Å². The second-order valence-electron chi connectivity index (χ2n) is 7.89. The van der Waals surface area contributed by atoms with E-state index in [1.165, 1.54) is 16.7 Å². The minimum Gasteiger partial charge on any atom is -0.423 e. The van der Waals surface area contributed by atoms with Gasteiger partial charge in [0, 0.05) is 18.0 Å². The van der Waals surface area contributed by atoms with Gasteiger partial charge in [-0.1, -0.05) is 90.5 Å². The first-order chi connectivity index (χ1) is 15.2. The zero-order valence-electron chi connectivity index (χ0n) is 17.3. The average Bonchev–Trinajstić information content (AvgIpc) is 2.80. The van der Waals surface area contributed by atoms with E-state index in [0.717, 1.165) is 21.7 Å². The maximum absolute atomic E-state index is 12.3. The molecule has 1 N–H and O–H groups in total. The number of benzene rings is 4. The Hall–Kier alpha value is -3.69. The third kappa shape index (κ3) is 3.88. The van der Waals surface area contributed by atoms with E-state index in [-0.39, 0.29) is 11.7 Å². The van der Waals surface area contributed by atoms with Gasteiger partial charge >= 0.3 is 5.63 Å². The van der Waals surface area contributed by atoms with Crippen LogP contribution < -0.4 is 10.9 Å². The molecule has 0 aliphatic rings. The summed E-state index contributed by atoms with van der Waals surface area (Å²) in [5.74, 6) is 0. The van der Waals surface area contributed by atoms with Crippen molar-refractivity contribution in [1.82, 2.24) is 5.32 Å². The monoisotopic (exact) mass is 405 g/mol. The summed E-state index contributed by atoms with van der Waals surface area (Å²) in [4.78, 5) is 12.3. The summed E-state index contributed by atoms with van der Waals surface area (Å²) in [5.41, 5.74) is 4.84. The number of hydrogen-bond acceptors (Lipinski definition) is 3. The molecule has 0 aliphatic heterocycles. The van der Waals surface area contributed by atoms with Crippen molar-refractivity contribution in [2.24, 2.45) is 0 Å². The second-order valence-corrected chi connectivity index (χ2v) is 7.89. The summed E-state index contributed by atoms with van der Waals surface area (Å²) in [6.07, 6.45) is 0. The summed E-state index contributed by atoms with van der Waals surface area (Å²) >= 11 is 0. The largest absolute Gasteiger partial charge is 0.423 e. The Morgan fingerprint density at radius 1 is 0.806 bits per heavy atom. The molecule has 1 heterocycles. The molecular weight excluding hydrogens is 382 g/mol. The van der Waals surface area contributed by atoms with Gasteiger partial charge < -0.3 is 9.73 Å². The Morgan fingerprint density at radius 3 is 2.32 bits per heavy atom. The average molecular weight is 405 g/mol. The SMILES string of the molecule is Cc1ccc([C@@H](NCc2cc(=O)oc3ccc4ccccc4c23)c2ccccc2)cc1. The molecule has 0 aliphatic carbocycles. The van der Waals surface area contributed by atoms with Crippen LogP contribution in [0.2, 0.25) is 0 Å². The summed E-state index contributed by atoms with van der Waals surface area (Å²) in [5, 5.41) is 6.90. The van der Waals surface area contributed by atoms with Gasteiger partial charge in [0.2, 0.25) is 0 Å². The first kappa shape index (κ1) is 19.3. The molecule has 0 radical (unpaired) electrons. The van der Waals surface area contributed by atoms with Crippen molar-refractivity contribution in [2.45, 2.75) is 19.5 Å². The van der Waals surface area contributed by atoms with Crippen molar-refractivity contribution in [3.05, 3.63) is 130 Å². The Morgan fingerprint density at radius 2 is 1.52 bits per heavy atom. The predicted molar refractivity (Wildman–Crippen MR) is 126 cm³/mol. The zero-order chi connectivity index (χ0) is 21.2. The smallest absolute Gasteiger partial charge is 0.336 e. The number of rotatable bonds is 5. The lowest BCUT2D eigenvalue weighted by atomic mass is 9.97. The maximum atomic E-state index is 12.3. The molecule has 0 bridgehead atoms. The van der Waals surface area contributed by atoms with Gasteiger partial charge in [0.05, 0.1) is 6.04 Å². The third-order valence-electron chi connectivity index (χ3n) is 5.75. The van der Waals surface area contributed by atoms with Crippen LogP contribution in [-0.4, -0.2) is 0 Å². The fourth-order valence-electron chi connectivity index (χ4n) is 4.20. The molecule has 3 nitrogen and oxygen atoms in total. The van der Waals surface area contributed by atoms with Gasteiger partial charge in [0.1, 0.15) is 5.58 Å². The summed E-state index contributed by atoms with van der Waals surface area (Å²) in [6.45, 7) is 2.64. The second kappa shape index (κ2) is 8.21. The molecule has 0 amide bonds. The number of nitrogens with one attached hydrogen (secondary N) is 1. The standard InChI is InChI=1S/C28H23NO2/c1-19-11-13-22(14-12-19)28(21-8-3-2-4-9-21)29-18-23-17-26(30)31-25-16-15-20-7-5-6-10-24(20)27(23)25/h2-17,28-29H,18H2,1H3/t28-/m0/s1. The van der Waals surface area contributed by atoms with E-state index in [1.807, 2.05) is 30.3 Å². The maximum Gasteiger partial charge on any atom is 0.336 e. The molecule has 5 aromatic rings. The van der Waals surface area contributed by atoms with Gasteiger partial charge in [0.15, 0.2) is 0 Å². The minimum atomic E-state index is -0.328. The molecule has 0 unspecified atom stereocenters. The zero-order valence-corrected chi connectivity index (χ0v) is 17.3. The molecule has 31 heavy (non-hydrogen) atoms. The summed E-state index contributed by atoms with van der Waals surface area (Å²) in [6, 6.07) is 32.7. The van der Waals surface area contributed by atoms with E-state index >= 15 is 0 Å². The van der Waals surface area contributed by atoms with E-state index < -0.39 is 0 Å². The van der Waals surface area contributed by atoms with Gasteiger partial charge in [0.25, 0.3) is 0 Å². The lowest BCUT2D eigenvalue weighted by Gasteiger charge is -2.21. The molecule has 1 atom stereocenters. The predicted octanol–water partition coefficient (Wildman–Crippen LogP) is 6.13. The highest BCUT2D eigenvalue weighted by atomic mass is 16.4. The molecule has 0 fully saturated rings. The van der Waals surface area contributed by atoms with Gasteiger partial charge in [-0.25, -0.2) is 4.79 Å². The van der Waals surface area contributed by atoms with Crippen LogP contribution in [0.5, 0.6) is 0 Å². The Labute approximate surface area is 181 Å². The highest BCUT2D eigenvalue weighted by Crippen LogP contribution is 2.29. The normalized spacial score (nSPS) is 12.3. The molecule has 0 spiro atoms. The Bertz CT molecular complexity index is 1400. The van der Waals surface area contributed by atoms with Crippen molar-refractivity contribution in [1.29, 1.82) is 0 Å². The van der Waals surface area contributed by atoms with Crippen LogP contribution in [0.3, 0.4) is 0 Å². The summed E-state index contributed by atoms with van der Waals surface area (Å²) < 4.78 is 5.52. The molecule has 3 heteroatoms. The van der Waals surface area contributed by atoms with Crippen molar-refractivity contribution in [3.8, 4) is 0 Å². The van der Waals surface area contributed by atoms with Crippen LogP contribution in [0.25, 0.3) is 21.7 Å². The molecule has 0 saturated heterocycles. The van der Waals surface area contributed by atoms with Crippen molar-refractivity contribution in [3.63, 3.8) is 0 Å². The van der Waals surface area contributed by atoms with Crippen LogP contribution in [0.4, 0.5) is 0 Å². The highest BCUT2D eigenvalue weighted by molar-refractivity contribution is 6.07. The van der Waals surface area contributed by atoms with Gasteiger partial charge in [-0.15, -0.1) is 0 Å². The fourth-order valence-corrected chi connectivity index (χ4v) is 4.20. The summed E-state index contributed by atoms with van der Waals surface area (Å²) in [7, 11) is 0. The van der Waals surface area contributed by atoms with Gasteiger partial charge in [-0.05, 0) is 40.5 Å². The van der Waals surface area contributed by atoms with Crippen molar-refractivity contribution < 1.29 is 4.42 Å². The van der Waals surface area contributed by atoms with E-state index in [4.69, 9.17) is 4.42 Å². The lowest BCUT2D eigenvalue weighted by Crippen LogP contribution is -2.22. The third-order valence-corrected chi connectivity index (χ3v) is 5.75. The molecule has 1 aromatic heterocycles. The molecule has 0 saturated carbocycles. The van der Waals surface area contributed by atoms with Crippen LogP contribution in [0.15, 0.2) is 106 Å². The van der Waals surface area contributed by atoms with E-state index in [1.54, 1.807) is 6.07 Å². The Kier molecular flexibility index (Phi) is 5.11. The van der Waals surface area contributed by atoms with Crippen LogP contribution in [-0.2, 0) is 6.54 Å². The minimum absolute atomic E-state index is 0.0130. The quantitative estimate of drug-likeness (QED) is 0.282. The molecule has 5 rings (SSSR count). The van der Waals surface area contributed by atoms with Crippen molar-refractivity contribution in [2.75, 3.05) is 0 Å². The highest BCUT2D eigenvalue weighted by Gasteiger charge is 2.16. The van der Waals surface area contributed by atoms with E-state index in [9.17, 15) is 4.79 Å². The van der Waals surface area contributed by atoms with Crippen LogP contribution in [0.1, 0.15) is 28.3 Å². The van der Waals surface area contributed by atoms with E-state index in [2.05, 4.69) is 72.9 Å². The molecular formula is C28H23NO2. The van der Waals surface area contributed by atoms with E-state index in [0.29, 0.717) is 12.1 Å². The fraction of sp³-hybridized carbons (Fsp3) is 0.107. The number of aryl methyl sites for hydroxylation is 1. The first-order valence-electron chi connectivity index (χ1n) is 10.5. The topological polar surface area (TPSA) is 42.2 Å².